The largest absolute Gasteiger partial charge is 0.497 e. The zero-order valence-electron chi connectivity index (χ0n) is 21.3. The summed E-state index contributed by atoms with van der Waals surface area (Å²) in [6, 6.07) is 19.8. The molecule has 0 aliphatic carbocycles. The molecule has 1 unspecified atom stereocenters. The van der Waals surface area contributed by atoms with E-state index in [0.717, 1.165) is 16.7 Å². The van der Waals surface area contributed by atoms with Crippen molar-refractivity contribution < 1.29 is 34.7 Å². The Labute approximate surface area is 219 Å². The van der Waals surface area contributed by atoms with Crippen LogP contribution in [0.15, 0.2) is 82.6 Å². The van der Waals surface area contributed by atoms with Gasteiger partial charge in [-0.1, -0.05) is 47.5 Å². The topological polar surface area (TPSA) is 105 Å². The highest BCUT2D eigenvalue weighted by atomic mass is 32.2. The Balaban J connectivity index is 1.72. The van der Waals surface area contributed by atoms with Gasteiger partial charge in [-0.3, -0.25) is 8.37 Å². The fourth-order valence-electron chi connectivity index (χ4n) is 3.30. The highest BCUT2D eigenvalue weighted by Gasteiger charge is 2.26. The minimum Gasteiger partial charge on any atom is -0.497 e. The molecule has 1 atom stereocenters. The second-order valence-electron chi connectivity index (χ2n) is 8.73. The predicted octanol–water partition coefficient (Wildman–Crippen LogP) is 4.64. The Kier molecular flexibility index (Phi) is 9.86. The maximum Gasteiger partial charge on any atom is 0.296 e. The molecular weight excluding hydrogens is 516 g/mol. The van der Waals surface area contributed by atoms with Gasteiger partial charge in [0.1, 0.15) is 5.75 Å². The molecule has 3 rings (SSSR count). The molecule has 3 aromatic rings. The lowest BCUT2D eigenvalue weighted by Gasteiger charge is -2.24. The predicted molar refractivity (Wildman–Crippen MR) is 139 cm³/mol. The van der Waals surface area contributed by atoms with E-state index in [1.807, 2.05) is 26.0 Å². The van der Waals surface area contributed by atoms with Crippen LogP contribution in [-0.4, -0.2) is 43.3 Å². The summed E-state index contributed by atoms with van der Waals surface area (Å²) in [4.78, 5) is 0.0219. The van der Waals surface area contributed by atoms with Crippen molar-refractivity contribution in [3.63, 3.8) is 0 Å². The zero-order valence-corrected chi connectivity index (χ0v) is 22.9. The van der Waals surface area contributed by atoms with Gasteiger partial charge in [0.05, 0.1) is 42.8 Å². The fourth-order valence-corrected chi connectivity index (χ4v) is 5.22. The first kappa shape index (κ1) is 28.8. The molecule has 0 bridgehead atoms. The molecule has 37 heavy (non-hydrogen) atoms. The van der Waals surface area contributed by atoms with E-state index in [-0.39, 0.29) is 29.6 Å². The van der Waals surface area contributed by atoms with Crippen LogP contribution in [0.5, 0.6) is 5.75 Å². The van der Waals surface area contributed by atoms with Gasteiger partial charge in [-0.05, 0) is 62.7 Å². The summed E-state index contributed by atoms with van der Waals surface area (Å²) in [6.07, 6.45) is -0.594. The highest BCUT2D eigenvalue weighted by Crippen LogP contribution is 2.21. The zero-order chi connectivity index (χ0) is 27.1. The van der Waals surface area contributed by atoms with Crippen molar-refractivity contribution in [3.05, 3.63) is 89.5 Å². The van der Waals surface area contributed by atoms with Gasteiger partial charge in [-0.15, -0.1) is 0 Å². The lowest BCUT2D eigenvalue weighted by Crippen LogP contribution is -2.31. The van der Waals surface area contributed by atoms with Crippen LogP contribution in [0, 0.1) is 19.8 Å². The van der Waals surface area contributed by atoms with Crippen molar-refractivity contribution in [3.8, 4) is 5.75 Å². The highest BCUT2D eigenvalue weighted by molar-refractivity contribution is 7.87. The molecule has 0 aromatic heterocycles. The van der Waals surface area contributed by atoms with Crippen LogP contribution in [0.25, 0.3) is 0 Å². The average Bonchev–Trinajstić information content (AvgIpc) is 2.88. The minimum atomic E-state index is -4.07. The molecule has 0 N–H and O–H groups in total. The number of benzene rings is 3. The van der Waals surface area contributed by atoms with Gasteiger partial charge in [-0.2, -0.15) is 16.8 Å². The van der Waals surface area contributed by atoms with Crippen LogP contribution in [-0.2, 0) is 39.9 Å². The monoisotopic (exact) mass is 548 g/mol. The summed E-state index contributed by atoms with van der Waals surface area (Å²) < 4.78 is 72.6. The third kappa shape index (κ3) is 8.37. The van der Waals surface area contributed by atoms with E-state index in [1.165, 1.54) is 24.3 Å². The number of aryl methyl sites for hydroxylation is 2. The van der Waals surface area contributed by atoms with Gasteiger partial charge in [0.15, 0.2) is 0 Å². The number of hydrogen-bond acceptors (Lipinski definition) is 8. The van der Waals surface area contributed by atoms with Gasteiger partial charge in [0, 0.05) is 5.92 Å². The minimum absolute atomic E-state index is 0.0110. The average molecular weight is 549 g/mol. The van der Waals surface area contributed by atoms with E-state index in [2.05, 4.69) is 0 Å². The van der Waals surface area contributed by atoms with E-state index in [4.69, 9.17) is 17.8 Å². The van der Waals surface area contributed by atoms with Gasteiger partial charge < -0.3 is 9.47 Å². The van der Waals surface area contributed by atoms with Crippen LogP contribution in [0.4, 0.5) is 0 Å². The molecule has 200 valence electrons. The maximum atomic E-state index is 12.7. The summed E-state index contributed by atoms with van der Waals surface area (Å²) in [5.74, 6) is -0.00204. The van der Waals surface area contributed by atoms with Crippen LogP contribution in [0.2, 0.25) is 0 Å². The summed E-state index contributed by atoms with van der Waals surface area (Å²) in [6.45, 7) is 4.98. The number of ether oxygens (including phenoxy) is 2. The second kappa shape index (κ2) is 12.7. The van der Waals surface area contributed by atoms with E-state index in [1.54, 1.807) is 50.4 Å². The Bertz CT molecular complexity index is 1270. The molecule has 0 radical (unpaired) electrons. The fraction of sp³-hybridized carbons (Fsp3) is 0.333. The number of hydrogen-bond donors (Lipinski definition) is 0. The van der Waals surface area contributed by atoms with E-state index < -0.39 is 32.3 Å². The van der Waals surface area contributed by atoms with Crippen molar-refractivity contribution in [2.24, 2.45) is 5.92 Å². The summed E-state index contributed by atoms with van der Waals surface area (Å²) in [5.41, 5.74) is 2.69. The quantitative estimate of drug-likeness (QED) is 0.285. The third-order valence-corrected chi connectivity index (χ3v) is 8.42. The molecule has 0 amide bonds. The molecular formula is C27H32O8S2. The maximum absolute atomic E-state index is 12.7. The molecule has 0 spiro atoms. The van der Waals surface area contributed by atoms with Crippen molar-refractivity contribution in [2.75, 3.05) is 20.3 Å². The van der Waals surface area contributed by atoms with Gasteiger partial charge in [0.2, 0.25) is 0 Å². The van der Waals surface area contributed by atoms with Gasteiger partial charge >= 0.3 is 0 Å². The second-order valence-corrected chi connectivity index (χ2v) is 12.0. The van der Waals surface area contributed by atoms with E-state index in [9.17, 15) is 16.8 Å². The van der Waals surface area contributed by atoms with Crippen LogP contribution < -0.4 is 4.74 Å². The molecule has 0 fully saturated rings. The molecule has 0 aliphatic rings. The van der Waals surface area contributed by atoms with Gasteiger partial charge in [0.25, 0.3) is 20.2 Å². The van der Waals surface area contributed by atoms with E-state index >= 15 is 0 Å². The molecule has 10 heteroatoms. The standard InChI is InChI=1S/C27H32O8S2/c1-20-5-13-26(14-6-20)36(28,29)34-18-24(19-35-37(30,31)27-15-7-21(2)8-16-27)22(3)33-17-23-9-11-25(32-4)12-10-23/h5-16,22,24H,17-19H2,1-4H3. The summed E-state index contributed by atoms with van der Waals surface area (Å²) in [5, 5.41) is 0. The third-order valence-electron chi connectivity index (χ3n) is 5.83. The SMILES string of the molecule is COc1ccc(COC(C)C(COS(=O)(=O)c2ccc(C)cc2)COS(=O)(=O)c2ccc(C)cc2)cc1. The van der Waals surface area contributed by atoms with Crippen molar-refractivity contribution in [2.45, 2.75) is 43.3 Å². The Morgan fingerprint density at radius 3 is 1.51 bits per heavy atom. The number of rotatable bonds is 13. The molecule has 8 nitrogen and oxygen atoms in total. The molecule has 0 aliphatic heterocycles. The van der Waals surface area contributed by atoms with Crippen LogP contribution >= 0.6 is 0 Å². The first-order valence-corrected chi connectivity index (χ1v) is 14.5. The molecule has 0 saturated heterocycles. The van der Waals surface area contributed by atoms with Crippen molar-refractivity contribution in [1.82, 2.24) is 0 Å². The van der Waals surface area contributed by atoms with Crippen LogP contribution in [0.1, 0.15) is 23.6 Å². The molecule has 0 saturated carbocycles. The Morgan fingerprint density at radius 1 is 0.676 bits per heavy atom. The summed E-state index contributed by atoms with van der Waals surface area (Å²) >= 11 is 0. The lowest BCUT2D eigenvalue weighted by atomic mass is 10.1. The normalized spacial score (nSPS) is 13.0. The summed E-state index contributed by atoms with van der Waals surface area (Å²) in [7, 11) is -6.55. The first-order chi connectivity index (χ1) is 17.5. The van der Waals surface area contributed by atoms with Crippen LogP contribution in [0.3, 0.4) is 0 Å². The lowest BCUT2D eigenvalue weighted by molar-refractivity contribution is -0.0143. The Morgan fingerprint density at radius 2 is 1.11 bits per heavy atom. The van der Waals surface area contributed by atoms with Crippen molar-refractivity contribution >= 4 is 20.2 Å². The Hall–Kier alpha value is -2.76. The van der Waals surface area contributed by atoms with Crippen molar-refractivity contribution in [1.29, 1.82) is 0 Å². The molecule has 0 heterocycles. The first-order valence-electron chi connectivity index (χ1n) is 11.7. The smallest absolute Gasteiger partial charge is 0.296 e. The number of methoxy groups -OCH3 is 1. The van der Waals surface area contributed by atoms with Gasteiger partial charge in [-0.25, -0.2) is 0 Å². The molecule has 3 aromatic carbocycles. The van der Waals surface area contributed by atoms with E-state index in [0.29, 0.717) is 5.75 Å².